The molecule has 2 aromatic carbocycles. The van der Waals surface area contributed by atoms with E-state index in [0.717, 1.165) is 23.8 Å². The van der Waals surface area contributed by atoms with Crippen LogP contribution >= 0.6 is 0 Å². The summed E-state index contributed by atoms with van der Waals surface area (Å²) in [6.45, 7) is -0.232. The number of phenolic OH excluding ortho intramolecular Hbond substituents is 1. The van der Waals surface area contributed by atoms with E-state index in [2.05, 4.69) is 5.32 Å². The van der Waals surface area contributed by atoms with Gasteiger partial charge in [0.25, 0.3) is 0 Å². The van der Waals surface area contributed by atoms with Crippen LogP contribution in [0.1, 0.15) is 16.7 Å². The number of carbonyl (C=O) groups is 1. The van der Waals surface area contributed by atoms with Gasteiger partial charge < -0.3 is 15.2 Å². The zero-order chi connectivity index (χ0) is 16.9. The Morgan fingerprint density at radius 3 is 2.48 bits per heavy atom. The van der Waals surface area contributed by atoms with Crippen molar-refractivity contribution < 1.29 is 27.8 Å². The highest BCUT2D eigenvalue weighted by atomic mass is 19.4. The van der Waals surface area contributed by atoms with E-state index < -0.39 is 17.8 Å². The third-order valence-electron chi connectivity index (χ3n) is 3.04. The van der Waals surface area contributed by atoms with Gasteiger partial charge in [-0.1, -0.05) is 30.3 Å². The van der Waals surface area contributed by atoms with Gasteiger partial charge in [-0.05, 0) is 23.8 Å². The third-order valence-corrected chi connectivity index (χ3v) is 3.04. The van der Waals surface area contributed by atoms with Gasteiger partial charge in [0.05, 0.1) is 5.56 Å². The average Bonchev–Trinajstić information content (AvgIpc) is 2.52. The van der Waals surface area contributed by atoms with E-state index in [1.807, 2.05) is 6.07 Å². The smallest absolute Gasteiger partial charge is 0.416 e. The van der Waals surface area contributed by atoms with Crippen LogP contribution < -0.4 is 5.32 Å². The van der Waals surface area contributed by atoms with Crippen LogP contribution in [0.15, 0.2) is 48.5 Å². The quantitative estimate of drug-likeness (QED) is 0.898. The molecule has 0 fully saturated rings. The van der Waals surface area contributed by atoms with E-state index in [-0.39, 0.29) is 24.5 Å². The van der Waals surface area contributed by atoms with E-state index in [9.17, 15) is 23.1 Å². The van der Waals surface area contributed by atoms with Crippen LogP contribution in [-0.2, 0) is 24.1 Å². The molecule has 2 rings (SSSR count). The highest BCUT2D eigenvalue weighted by Gasteiger charge is 2.31. The molecule has 0 aromatic heterocycles. The molecular formula is C16H14F3NO3. The summed E-state index contributed by atoms with van der Waals surface area (Å²) in [4.78, 5) is 11.5. The minimum atomic E-state index is -4.52. The molecule has 0 aliphatic rings. The lowest BCUT2D eigenvalue weighted by molar-refractivity contribution is -0.137. The second-order valence-electron chi connectivity index (χ2n) is 4.76. The van der Waals surface area contributed by atoms with Gasteiger partial charge in [0, 0.05) is 12.1 Å². The van der Waals surface area contributed by atoms with E-state index in [1.165, 1.54) is 0 Å². The molecule has 0 spiro atoms. The molecule has 1 amide bonds. The molecule has 0 saturated carbocycles. The summed E-state index contributed by atoms with van der Waals surface area (Å²) in [5, 5.41) is 11.9. The molecule has 0 radical (unpaired) electrons. The molecule has 0 aliphatic heterocycles. The number of carbonyl (C=O) groups excluding carboxylic acids is 1. The fraction of sp³-hybridized carbons (Fsp3) is 0.188. The number of halogens is 3. The Morgan fingerprint density at radius 2 is 1.83 bits per heavy atom. The number of nitrogens with one attached hydrogen (secondary N) is 1. The van der Waals surface area contributed by atoms with Crippen molar-refractivity contribution in [3.63, 3.8) is 0 Å². The monoisotopic (exact) mass is 325 g/mol. The fourth-order valence-corrected chi connectivity index (χ4v) is 1.84. The average molecular weight is 325 g/mol. The first-order chi connectivity index (χ1) is 10.9. The predicted octanol–water partition coefficient (Wildman–Crippen LogP) is 3.84. The Morgan fingerprint density at radius 1 is 1.13 bits per heavy atom. The van der Waals surface area contributed by atoms with Gasteiger partial charge in [-0.15, -0.1) is 0 Å². The molecule has 0 unspecified atom stereocenters. The predicted molar refractivity (Wildman–Crippen MR) is 76.6 cm³/mol. The maximum atomic E-state index is 12.6. The van der Waals surface area contributed by atoms with Crippen molar-refractivity contribution in [2.45, 2.75) is 19.3 Å². The van der Waals surface area contributed by atoms with Gasteiger partial charge in [-0.25, -0.2) is 4.79 Å². The maximum Gasteiger partial charge on any atom is 0.416 e. The molecule has 122 valence electrons. The maximum absolute atomic E-state index is 12.6. The highest BCUT2D eigenvalue weighted by molar-refractivity contribution is 5.67. The first-order valence-corrected chi connectivity index (χ1v) is 6.70. The SMILES string of the molecule is O=C(NCc1cc(C(F)(F)F)ccc1O)OCc1ccccc1. The van der Waals surface area contributed by atoms with Crippen molar-refractivity contribution in [1.82, 2.24) is 5.32 Å². The van der Waals surface area contributed by atoms with Crippen LogP contribution in [0.5, 0.6) is 5.75 Å². The third kappa shape index (κ3) is 4.91. The zero-order valence-electron chi connectivity index (χ0n) is 11.9. The van der Waals surface area contributed by atoms with E-state index >= 15 is 0 Å². The van der Waals surface area contributed by atoms with Crippen molar-refractivity contribution in [1.29, 1.82) is 0 Å². The van der Waals surface area contributed by atoms with Crippen LogP contribution in [0.3, 0.4) is 0 Å². The second kappa shape index (κ2) is 7.04. The summed E-state index contributed by atoms with van der Waals surface area (Å²) >= 11 is 0. The van der Waals surface area contributed by atoms with Gasteiger partial charge in [0.2, 0.25) is 0 Å². The van der Waals surface area contributed by atoms with Crippen LogP contribution in [0.2, 0.25) is 0 Å². The summed E-state index contributed by atoms with van der Waals surface area (Å²) in [7, 11) is 0. The van der Waals surface area contributed by atoms with Crippen molar-refractivity contribution in [2.24, 2.45) is 0 Å². The molecule has 2 aromatic rings. The molecule has 2 N–H and O–H groups in total. The number of rotatable bonds is 4. The van der Waals surface area contributed by atoms with Gasteiger partial charge in [0.1, 0.15) is 12.4 Å². The Balaban J connectivity index is 1.91. The normalized spacial score (nSPS) is 11.1. The van der Waals surface area contributed by atoms with Gasteiger partial charge >= 0.3 is 12.3 Å². The summed E-state index contributed by atoms with van der Waals surface area (Å²) in [5.74, 6) is -0.332. The molecule has 0 atom stereocenters. The molecule has 0 bridgehead atoms. The number of alkyl carbamates (subject to hydrolysis) is 1. The van der Waals surface area contributed by atoms with Crippen molar-refractivity contribution in [3.8, 4) is 5.75 Å². The van der Waals surface area contributed by atoms with E-state index in [1.54, 1.807) is 24.3 Å². The first-order valence-electron chi connectivity index (χ1n) is 6.70. The Hall–Kier alpha value is -2.70. The van der Waals surface area contributed by atoms with Crippen LogP contribution in [-0.4, -0.2) is 11.2 Å². The topological polar surface area (TPSA) is 58.6 Å². The number of alkyl halides is 3. The van der Waals surface area contributed by atoms with Gasteiger partial charge in [0.15, 0.2) is 0 Å². The lowest BCUT2D eigenvalue weighted by Gasteiger charge is -2.11. The summed E-state index contributed by atoms with van der Waals surface area (Å²) in [6.07, 6.45) is -5.30. The van der Waals surface area contributed by atoms with E-state index in [0.29, 0.717) is 0 Å². The summed E-state index contributed by atoms with van der Waals surface area (Å²) in [6, 6.07) is 11.4. The number of hydrogen-bond acceptors (Lipinski definition) is 3. The molecule has 4 nitrogen and oxygen atoms in total. The second-order valence-corrected chi connectivity index (χ2v) is 4.76. The van der Waals surface area contributed by atoms with Crippen LogP contribution in [0.4, 0.5) is 18.0 Å². The Labute approximate surface area is 130 Å². The van der Waals surface area contributed by atoms with Gasteiger partial charge in [-0.3, -0.25) is 0 Å². The van der Waals surface area contributed by atoms with Crippen molar-refractivity contribution in [3.05, 3.63) is 65.2 Å². The minimum absolute atomic E-state index is 0.0429. The summed E-state index contributed by atoms with van der Waals surface area (Å²) in [5.41, 5.74) is -0.161. The van der Waals surface area contributed by atoms with Crippen molar-refractivity contribution >= 4 is 6.09 Å². The number of amides is 1. The molecule has 0 saturated heterocycles. The largest absolute Gasteiger partial charge is 0.508 e. The van der Waals surface area contributed by atoms with Crippen LogP contribution in [0, 0.1) is 0 Å². The standard InChI is InChI=1S/C16H14F3NO3/c17-16(18,19)13-6-7-14(21)12(8-13)9-20-15(22)23-10-11-4-2-1-3-5-11/h1-8,21H,9-10H2,(H,20,22). The lowest BCUT2D eigenvalue weighted by atomic mass is 10.1. The Kier molecular flexibility index (Phi) is 5.10. The molecule has 0 aliphatic carbocycles. The van der Waals surface area contributed by atoms with Gasteiger partial charge in [-0.2, -0.15) is 13.2 Å². The number of hydrogen-bond donors (Lipinski definition) is 2. The number of aromatic hydroxyl groups is 1. The Bertz CT molecular complexity index is 672. The number of ether oxygens (including phenoxy) is 1. The molecule has 0 heterocycles. The van der Waals surface area contributed by atoms with E-state index in [4.69, 9.17) is 4.74 Å². The molecule has 23 heavy (non-hydrogen) atoms. The fourth-order valence-electron chi connectivity index (χ4n) is 1.84. The minimum Gasteiger partial charge on any atom is -0.508 e. The van der Waals surface area contributed by atoms with Crippen molar-refractivity contribution in [2.75, 3.05) is 0 Å². The number of benzene rings is 2. The lowest BCUT2D eigenvalue weighted by Crippen LogP contribution is -2.24. The molecule has 7 heteroatoms. The summed E-state index contributed by atoms with van der Waals surface area (Å²) < 4.78 is 42.8. The van der Waals surface area contributed by atoms with Crippen LogP contribution in [0.25, 0.3) is 0 Å². The highest BCUT2D eigenvalue weighted by Crippen LogP contribution is 2.32. The first kappa shape index (κ1) is 16.7. The zero-order valence-corrected chi connectivity index (χ0v) is 11.9. The molecular weight excluding hydrogens is 311 g/mol. The number of phenols is 1.